The van der Waals surface area contributed by atoms with Crippen LogP contribution in [-0.2, 0) is 14.4 Å². The number of nitrogens with zero attached hydrogens (tertiary/aromatic N) is 1. The highest BCUT2D eigenvalue weighted by molar-refractivity contribution is 5.69. The number of hydroxylamine groups is 2. The highest BCUT2D eigenvalue weighted by Crippen LogP contribution is 2.41. The molecule has 2 fully saturated rings. The smallest absolute Gasteiger partial charge is 0.306 e. The maximum absolute atomic E-state index is 12.7. The van der Waals surface area contributed by atoms with Crippen LogP contribution in [0.25, 0.3) is 0 Å². The van der Waals surface area contributed by atoms with E-state index in [0.717, 1.165) is 38.5 Å². The first-order valence-corrected chi connectivity index (χ1v) is 16.4. The molecule has 0 radical (unpaired) electrons. The van der Waals surface area contributed by atoms with E-state index in [1.807, 2.05) is 0 Å². The lowest BCUT2D eigenvalue weighted by molar-refractivity contribution is -0.327. The molecule has 0 spiro atoms. The van der Waals surface area contributed by atoms with Crippen molar-refractivity contribution in [1.82, 2.24) is 5.06 Å². The summed E-state index contributed by atoms with van der Waals surface area (Å²) in [5, 5.41) is 2.20. The quantitative estimate of drug-likeness (QED) is 0.125. The van der Waals surface area contributed by atoms with E-state index < -0.39 is 0 Å². The van der Waals surface area contributed by atoms with Gasteiger partial charge in [0.25, 0.3) is 0 Å². The van der Waals surface area contributed by atoms with Gasteiger partial charge in [0.1, 0.15) is 6.10 Å². The summed E-state index contributed by atoms with van der Waals surface area (Å²) in [5.41, 5.74) is -0.359. The number of rotatable bonds is 19. The topological polar surface area (TPSA) is 38.8 Å². The maximum atomic E-state index is 12.7. The first-order chi connectivity index (χ1) is 17.8. The lowest BCUT2D eigenvalue weighted by Crippen LogP contribution is -2.65. The monoisotopic (exact) mass is 521 g/mol. The maximum Gasteiger partial charge on any atom is 0.306 e. The van der Waals surface area contributed by atoms with Gasteiger partial charge >= 0.3 is 5.97 Å². The molecule has 0 bridgehead atoms. The minimum Gasteiger partial charge on any atom is -0.460 e. The average Bonchev–Trinajstić information content (AvgIpc) is 2.87. The van der Waals surface area contributed by atoms with E-state index in [-0.39, 0.29) is 23.2 Å². The molecule has 1 saturated carbocycles. The molecule has 37 heavy (non-hydrogen) atoms. The number of ether oxygens (including phenoxy) is 1. The van der Waals surface area contributed by atoms with Crippen molar-refractivity contribution in [3.05, 3.63) is 0 Å². The second-order valence-electron chi connectivity index (χ2n) is 13.3. The van der Waals surface area contributed by atoms with E-state index in [1.165, 1.54) is 103 Å². The Morgan fingerprint density at radius 1 is 0.703 bits per heavy atom. The molecule has 4 heteroatoms. The Hall–Kier alpha value is -0.610. The molecule has 2 rings (SSSR count). The van der Waals surface area contributed by atoms with Crippen LogP contribution in [0, 0.1) is 0 Å². The lowest BCUT2D eigenvalue weighted by atomic mass is 9.79. The molecule has 0 aromatic heterocycles. The number of piperidine rings is 1. The Morgan fingerprint density at radius 3 is 1.70 bits per heavy atom. The van der Waals surface area contributed by atoms with E-state index in [0.29, 0.717) is 12.5 Å². The van der Waals surface area contributed by atoms with Crippen molar-refractivity contribution in [1.29, 1.82) is 0 Å². The van der Waals surface area contributed by atoms with Gasteiger partial charge in [-0.05, 0) is 59.8 Å². The summed E-state index contributed by atoms with van der Waals surface area (Å²) in [4.78, 5) is 19.3. The van der Waals surface area contributed by atoms with E-state index in [1.54, 1.807) is 0 Å². The number of unbranched alkanes of at least 4 members (excludes halogenated alkanes) is 14. The Labute approximate surface area is 231 Å². The minimum atomic E-state index is -0.316. The Bertz CT molecular complexity index is 596. The highest BCUT2D eigenvalue weighted by Gasteiger charge is 2.50. The van der Waals surface area contributed by atoms with Crippen molar-refractivity contribution in [2.45, 2.75) is 206 Å². The first kappa shape index (κ1) is 32.6. The fraction of sp³-hybridized carbons (Fsp3) is 0.970. The summed E-state index contributed by atoms with van der Waals surface area (Å²) in [6.45, 7) is 11.2. The van der Waals surface area contributed by atoms with Crippen molar-refractivity contribution in [3.8, 4) is 0 Å². The van der Waals surface area contributed by atoms with E-state index in [2.05, 4.69) is 39.7 Å². The molecule has 1 aliphatic heterocycles. The van der Waals surface area contributed by atoms with Crippen molar-refractivity contribution in [2.75, 3.05) is 0 Å². The summed E-state index contributed by atoms with van der Waals surface area (Å²) < 4.78 is 6.08. The molecule has 1 aliphatic carbocycles. The fourth-order valence-electron chi connectivity index (χ4n) is 6.51. The van der Waals surface area contributed by atoms with Gasteiger partial charge in [0.05, 0.1) is 11.6 Å². The highest BCUT2D eigenvalue weighted by atomic mass is 16.7. The van der Waals surface area contributed by atoms with Crippen LogP contribution in [0.5, 0.6) is 0 Å². The predicted octanol–water partition coefficient (Wildman–Crippen LogP) is 10.1. The molecular formula is C33H63NO3. The molecule has 218 valence electrons. The van der Waals surface area contributed by atoms with Gasteiger partial charge in [0, 0.05) is 12.0 Å². The van der Waals surface area contributed by atoms with Crippen LogP contribution < -0.4 is 0 Å². The zero-order valence-corrected chi connectivity index (χ0v) is 25.6. The van der Waals surface area contributed by atoms with Gasteiger partial charge in [-0.3, -0.25) is 9.63 Å². The Kier molecular flexibility index (Phi) is 15.7. The van der Waals surface area contributed by atoms with E-state index in [9.17, 15) is 4.79 Å². The predicted molar refractivity (Wildman–Crippen MR) is 157 cm³/mol. The molecular weight excluding hydrogens is 458 g/mol. The number of carbonyl (C=O) groups is 1. The molecule has 0 N–H and O–H groups in total. The third-order valence-electron chi connectivity index (χ3n) is 8.94. The molecule has 1 unspecified atom stereocenters. The van der Waals surface area contributed by atoms with Crippen molar-refractivity contribution >= 4 is 5.97 Å². The second kappa shape index (κ2) is 17.9. The summed E-state index contributed by atoms with van der Waals surface area (Å²) in [6, 6.07) is 0. The van der Waals surface area contributed by atoms with Crippen LogP contribution in [0.1, 0.15) is 182 Å². The molecule has 1 heterocycles. The van der Waals surface area contributed by atoms with Gasteiger partial charge in [-0.1, -0.05) is 116 Å². The molecule has 1 saturated heterocycles. The van der Waals surface area contributed by atoms with Gasteiger partial charge in [-0.15, -0.1) is 0 Å². The standard InChI is InChI=1S/C33H63NO3/c1-6-7-8-9-10-11-12-13-14-15-16-17-18-19-23-26-31(35)36-30-27-28-32(2,3)34(33(30,4)5)37-29-24-21-20-22-25-29/h29-30H,6-28H2,1-5H3. The van der Waals surface area contributed by atoms with Crippen LogP contribution >= 0.6 is 0 Å². The lowest BCUT2D eigenvalue weighted by Gasteiger charge is -2.55. The largest absolute Gasteiger partial charge is 0.460 e. The van der Waals surface area contributed by atoms with Crippen LogP contribution in [0.2, 0.25) is 0 Å². The fourth-order valence-corrected chi connectivity index (χ4v) is 6.51. The average molecular weight is 522 g/mol. The molecule has 2 aliphatic rings. The van der Waals surface area contributed by atoms with Crippen LogP contribution in [-0.4, -0.2) is 34.3 Å². The molecule has 4 nitrogen and oxygen atoms in total. The van der Waals surface area contributed by atoms with Crippen LogP contribution in [0.3, 0.4) is 0 Å². The molecule has 0 aromatic rings. The SMILES string of the molecule is CCCCCCCCCCCCCCCCCC(=O)OC1CCC(C)(C)N(OC2CCCCC2)C1(C)C. The van der Waals surface area contributed by atoms with Crippen LogP contribution in [0.4, 0.5) is 0 Å². The van der Waals surface area contributed by atoms with E-state index in [4.69, 9.17) is 9.57 Å². The number of hydrogen-bond donors (Lipinski definition) is 0. The summed E-state index contributed by atoms with van der Waals surface area (Å²) in [5.74, 6) is -0.0231. The van der Waals surface area contributed by atoms with Gasteiger partial charge < -0.3 is 4.74 Å². The van der Waals surface area contributed by atoms with Crippen molar-refractivity contribution in [3.63, 3.8) is 0 Å². The van der Waals surface area contributed by atoms with Gasteiger partial charge in [0.15, 0.2) is 0 Å². The zero-order chi connectivity index (χ0) is 27.0. The normalized spacial score (nSPS) is 22.2. The molecule has 0 amide bonds. The first-order valence-electron chi connectivity index (χ1n) is 16.4. The van der Waals surface area contributed by atoms with Crippen molar-refractivity contribution < 1.29 is 14.4 Å². The zero-order valence-electron chi connectivity index (χ0n) is 25.6. The van der Waals surface area contributed by atoms with Gasteiger partial charge in [-0.2, -0.15) is 5.06 Å². The number of hydrogen-bond acceptors (Lipinski definition) is 4. The number of esters is 1. The third-order valence-corrected chi connectivity index (χ3v) is 8.94. The van der Waals surface area contributed by atoms with Crippen LogP contribution in [0.15, 0.2) is 0 Å². The van der Waals surface area contributed by atoms with E-state index >= 15 is 0 Å². The summed E-state index contributed by atoms with van der Waals surface area (Å²) in [6.07, 6.45) is 28.9. The second-order valence-corrected chi connectivity index (χ2v) is 13.3. The molecule has 0 aromatic carbocycles. The Morgan fingerprint density at radius 2 is 1.19 bits per heavy atom. The summed E-state index contributed by atoms with van der Waals surface area (Å²) >= 11 is 0. The van der Waals surface area contributed by atoms with Crippen molar-refractivity contribution in [2.24, 2.45) is 0 Å². The van der Waals surface area contributed by atoms with Gasteiger partial charge in [0.2, 0.25) is 0 Å². The minimum absolute atomic E-state index is 0.0231. The summed E-state index contributed by atoms with van der Waals surface area (Å²) in [7, 11) is 0. The third kappa shape index (κ3) is 12.4. The van der Waals surface area contributed by atoms with Gasteiger partial charge in [-0.25, -0.2) is 0 Å². The molecule has 1 atom stereocenters. The number of carbonyl (C=O) groups excluding carboxylic acids is 1. The Balaban J connectivity index is 1.54.